The van der Waals surface area contributed by atoms with Gasteiger partial charge >= 0.3 is 6.18 Å². The van der Waals surface area contributed by atoms with Gasteiger partial charge in [0.2, 0.25) is 5.91 Å². The monoisotopic (exact) mass is 298 g/mol. The smallest absolute Gasteiger partial charge is 0.323 e. The van der Waals surface area contributed by atoms with Gasteiger partial charge in [-0.2, -0.15) is 18.4 Å². The molecule has 0 unspecified atom stereocenters. The van der Waals surface area contributed by atoms with Crippen LogP contribution in [0.4, 0.5) is 13.2 Å². The molecule has 2 rings (SSSR count). The summed E-state index contributed by atoms with van der Waals surface area (Å²) >= 11 is 0. The maximum atomic E-state index is 12.8. The SMILES string of the molecule is N#CC1=C(C(F)(F)F)CC=C(NC(=O)C2(N)CCC2)C=N1. The van der Waals surface area contributed by atoms with Gasteiger partial charge in [0, 0.05) is 6.42 Å². The van der Waals surface area contributed by atoms with Crippen LogP contribution < -0.4 is 11.1 Å². The molecule has 1 heterocycles. The van der Waals surface area contributed by atoms with Crippen LogP contribution in [0.5, 0.6) is 0 Å². The van der Waals surface area contributed by atoms with Crippen molar-refractivity contribution in [2.45, 2.75) is 37.4 Å². The highest BCUT2D eigenvalue weighted by Gasteiger charge is 2.40. The van der Waals surface area contributed by atoms with Crippen molar-refractivity contribution >= 4 is 12.1 Å². The van der Waals surface area contributed by atoms with E-state index in [0.717, 1.165) is 12.6 Å². The van der Waals surface area contributed by atoms with Gasteiger partial charge in [0.05, 0.1) is 23.0 Å². The van der Waals surface area contributed by atoms with Gasteiger partial charge < -0.3 is 11.1 Å². The number of nitriles is 1. The maximum Gasteiger partial charge on any atom is 0.415 e. The van der Waals surface area contributed by atoms with Crippen LogP contribution in [0.2, 0.25) is 0 Å². The molecule has 0 radical (unpaired) electrons. The molecule has 1 fully saturated rings. The number of nitrogens with two attached hydrogens (primary N) is 1. The molecule has 2 aliphatic rings. The summed E-state index contributed by atoms with van der Waals surface area (Å²) in [4.78, 5) is 15.4. The van der Waals surface area contributed by atoms with Crippen LogP contribution in [0.3, 0.4) is 0 Å². The Kier molecular flexibility index (Phi) is 3.87. The van der Waals surface area contributed by atoms with Gasteiger partial charge in [-0.1, -0.05) is 6.08 Å². The largest absolute Gasteiger partial charge is 0.415 e. The fourth-order valence-electron chi connectivity index (χ4n) is 2.04. The number of rotatable bonds is 2. The quantitative estimate of drug-likeness (QED) is 0.812. The van der Waals surface area contributed by atoms with Crippen molar-refractivity contribution in [3.8, 4) is 6.07 Å². The summed E-state index contributed by atoms with van der Waals surface area (Å²) in [6.45, 7) is 0. The van der Waals surface area contributed by atoms with E-state index in [0.29, 0.717) is 12.8 Å². The first-order chi connectivity index (χ1) is 9.76. The number of nitrogens with one attached hydrogen (secondary N) is 1. The number of hydrogen-bond donors (Lipinski definition) is 2. The molecule has 1 aliphatic heterocycles. The molecule has 112 valence electrons. The number of alkyl halides is 3. The van der Waals surface area contributed by atoms with Crippen molar-refractivity contribution in [2.24, 2.45) is 10.7 Å². The molecule has 3 N–H and O–H groups in total. The van der Waals surface area contributed by atoms with E-state index in [1.807, 2.05) is 0 Å². The minimum absolute atomic E-state index is 0.115. The summed E-state index contributed by atoms with van der Waals surface area (Å²) in [5, 5.41) is 11.2. The van der Waals surface area contributed by atoms with Gasteiger partial charge in [-0.3, -0.25) is 4.79 Å². The lowest BCUT2D eigenvalue weighted by molar-refractivity contribution is -0.128. The van der Waals surface area contributed by atoms with Crippen LogP contribution in [0.25, 0.3) is 0 Å². The van der Waals surface area contributed by atoms with E-state index in [1.54, 1.807) is 0 Å². The standard InChI is InChI=1S/C13H13F3N4O/c14-13(15,16)9-3-2-8(7-19-10(9)6-17)20-11(21)12(18)4-1-5-12/h2,7H,1,3-5,18H2,(H,20,21). The van der Waals surface area contributed by atoms with E-state index < -0.39 is 35.3 Å². The Balaban J connectivity index is 2.15. The Bertz CT molecular complexity index is 592. The average molecular weight is 298 g/mol. The summed E-state index contributed by atoms with van der Waals surface area (Å²) in [7, 11) is 0. The molecule has 1 saturated carbocycles. The predicted octanol–water partition coefficient (Wildman–Crippen LogP) is 1.68. The zero-order valence-electron chi connectivity index (χ0n) is 11.0. The number of nitrogens with zero attached hydrogens (tertiary/aromatic N) is 2. The van der Waals surface area contributed by atoms with Crippen LogP contribution in [-0.4, -0.2) is 23.8 Å². The third-order valence-electron chi connectivity index (χ3n) is 3.55. The first-order valence-electron chi connectivity index (χ1n) is 6.31. The molecule has 21 heavy (non-hydrogen) atoms. The van der Waals surface area contributed by atoms with Crippen LogP contribution in [0.15, 0.2) is 28.0 Å². The molecule has 0 spiro atoms. The molecule has 0 atom stereocenters. The Morgan fingerprint density at radius 1 is 1.48 bits per heavy atom. The van der Waals surface area contributed by atoms with E-state index in [2.05, 4.69) is 10.3 Å². The van der Waals surface area contributed by atoms with E-state index in [9.17, 15) is 18.0 Å². The summed E-state index contributed by atoms with van der Waals surface area (Å²) in [5.41, 5.74) is 3.25. The highest BCUT2D eigenvalue weighted by molar-refractivity contribution is 5.94. The number of aliphatic imine (C=N–C) groups is 1. The highest BCUT2D eigenvalue weighted by Crippen LogP contribution is 2.33. The molecule has 1 aliphatic carbocycles. The van der Waals surface area contributed by atoms with E-state index >= 15 is 0 Å². The van der Waals surface area contributed by atoms with Crippen LogP contribution in [0, 0.1) is 11.3 Å². The lowest BCUT2D eigenvalue weighted by Crippen LogP contribution is -2.58. The average Bonchev–Trinajstić information content (AvgIpc) is 2.57. The van der Waals surface area contributed by atoms with Crippen LogP contribution >= 0.6 is 0 Å². The summed E-state index contributed by atoms with van der Waals surface area (Å²) < 4.78 is 38.3. The Hall–Kier alpha value is -2.14. The normalized spacial score (nSPS) is 21.0. The highest BCUT2D eigenvalue weighted by atomic mass is 19.4. The van der Waals surface area contributed by atoms with Gasteiger partial charge in [-0.05, 0) is 19.3 Å². The van der Waals surface area contributed by atoms with Gasteiger partial charge in [-0.25, -0.2) is 4.99 Å². The zero-order valence-corrected chi connectivity index (χ0v) is 11.0. The van der Waals surface area contributed by atoms with E-state index in [-0.39, 0.29) is 5.70 Å². The number of carbonyl (C=O) groups is 1. The van der Waals surface area contributed by atoms with Crippen LogP contribution in [-0.2, 0) is 4.79 Å². The van der Waals surface area contributed by atoms with Gasteiger partial charge in [0.25, 0.3) is 0 Å². The summed E-state index contributed by atoms with van der Waals surface area (Å²) in [6, 6.07) is 1.42. The molecular formula is C13H13F3N4O. The van der Waals surface area contributed by atoms with Crippen molar-refractivity contribution in [2.75, 3.05) is 0 Å². The lowest BCUT2D eigenvalue weighted by Gasteiger charge is -2.36. The number of halogens is 3. The third-order valence-corrected chi connectivity index (χ3v) is 3.55. The topological polar surface area (TPSA) is 91.3 Å². The number of allylic oxidation sites excluding steroid dienone is 4. The molecule has 5 nitrogen and oxygen atoms in total. The van der Waals surface area contributed by atoms with Gasteiger partial charge in [0.1, 0.15) is 11.8 Å². The fourth-order valence-corrected chi connectivity index (χ4v) is 2.04. The second kappa shape index (κ2) is 5.33. The second-order valence-corrected chi connectivity index (χ2v) is 5.02. The van der Waals surface area contributed by atoms with Crippen LogP contribution in [0.1, 0.15) is 25.7 Å². The van der Waals surface area contributed by atoms with Gasteiger partial charge in [-0.15, -0.1) is 0 Å². The fraction of sp³-hybridized carbons (Fsp3) is 0.462. The minimum atomic E-state index is -4.64. The lowest BCUT2D eigenvalue weighted by atomic mass is 9.77. The van der Waals surface area contributed by atoms with Crippen molar-refractivity contribution in [3.05, 3.63) is 23.0 Å². The number of amides is 1. The molecular weight excluding hydrogens is 285 g/mol. The summed E-state index contributed by atoms with van der Waals surface area (Å²) in [6.07, 6.45) is -1.03. The first kappa shape index (κ1) is 15.3. The van der Waals surface area contributed by atoms with Crippen molar-refractivity contribution in [3.63, 3.8) is 0 Å². The molecule has 0 bridgehead atoms. The van der Waals surface area contributed by atoms with Crippen molar-refractivity contribution < 1.29 is 18.0 Å². The van der Waals surface area contributed by atoms with Crippen molar-refractivity contribution in [1.82, 2.24) is 5.32 Å². The molecule has 0 aromatic carbocycles. The first-order valence-corrected chi connectivity index (χ1v) is 6.31. The molecule has 8 heteroatoms. The molecule has 0 aromatic rings. The number of hydrogen-bond acceptors (Lipinski definition) is 4. The minimum Gasteiger partial charge on any atom is -0.323 e. The van der Waals surface area contributed by atoms with Crippen molar-refractivity contribution in [1.29, 1.82) is 5.26 Å². The maximum absolute atomic E-state index is 12.8. The molecule has 0 saturated heterocycles. The predicted molar refractivity (Wildman–Crippen MR) is 68.8 cm³/mol. The molecule has 0 aromatic heterocycles. The molecule has 1 amide bonds. The van der Waals surface area contributed by atoms with Gasteiger partial charge in [0.15, 0.2) is 0 Å². The zero-order chi connectivity index (χ0) is 15.7. The van der Waals surface area contributed by atoms with E-state index in [1.165, 1.54) is 12.1 Å². The third kappa shape index (κ3) is 3.13. The Labute approximate surface area is 119 Å². The van der Waals surface area contributed by atoms with E-state index in [4.69, 9.17) is 11.0 Å². The summed E-state index contributed by atoms with van der Waals surface area (Å²) in [5.74, 6) is -0.444. The Morgan fingerprint density at radius 2 is 2.14 bits per heavy atom. The Morgan fingerprint density at radius 3 is 2.62 bits per heavy atom. The number of carbonyl (C=O) groups excluding carboxylic acids is 1. The second-order valence-electron chi connectivity index (χ2n) is 5.02.